The van der Waals surface area contributed by atoms with Gasteiger partial charge in [0.2, 0.25) is 0 Å². The number of carbonyl (C=O) groups excluding carboxylic acids is 1. The molecule has 1 aliphatic carbocycles. The summed E-state index contributed by atoms with van der Waals surface area (Å²) in [7, 11) is 0. The maximum absolute atomic E-state index is 12.0. The van der Waals surface area contributed by atoms with Gasteiger partial charge in [0.05, 0.1) is 11.7 Å². The quantitative estimate of drug-likeness (QED) is 0.617. The predicted octanol–water partition coefficient (Wildman–Crippen LogP) is 2.69. The van der Waals surface area contributed by atoms with Gasteiger partial charge in [0.1, 0.15) is 24.9 Å². The van der Waals surface area contributed by atoms with Crippen molar-refractivity contribution in [3.05, 3.63) is 35.9 Å². The highest BCUT2D eigenvalue weighted by molar-refractivity contribution is 5.89. The van der Waals surface area contributed by atoms with Gasteiger partial charge in [-0.25, -0.2) is 4.79 Å². The average molecular weight is 318 g/mol. The standard InChI is InChI=1S/C18H22O5/c19-17(12-7-3-1-4-8-12)20-11-14-15-16(23-15)18(22-14)21-13-9-5-2-6-10-13/h1,3-4,7-8,13-16,18H,2,5-6,9-11H2/t14-,15-,16-,18-/m1/s1. The molecule has 1 aromatic carbocycles. The van der Waals surface area contributed by atoms with Gasteiger partial charge >= 0.3 is 5.97 Å². The van der Waals surface area contributed by atoms with Gasteiger partial charge in [0, 0.05) is 0 Å². The topological polar surface area (TPSA) is 57.3 Å². The van der Waals surface area contributed by atoms with E-state index in [0.717, 1.165) is 12.8 Å². The zero-order valence-corrected chi connectivity index (χ0v) is 13.1. The Morgan fingerprint density at radius 3 is 2.61 bits per heavy atom. The molecule has 0 aromatic heterocycles. The number of fused-ring (bicyclic) bond motifs is 1. The highest BCUT2D eigenvalue weighted by atomic mass is 16.8. The number of hydrogen-bond acceptors (Lipinski definition) is 5. The van der Waals surface area contributed by atoms with Gasteiger partial charge in [0.25, 0.3) is 0 Å². The van der Waals surface area contributed by atoms with Crippen LogP contribution >= 0.6 is 0 Å². The fourth-order valence-corrected chi connectivity index (χ4v) is 3.43. The van der Waals surface area contributed by atoms with E-state index in [1.807, 2.05) is 18.2 Å². The lowest BCUT2D eigenvalue weighted by Crippen LogP contribution is -2.31. The van der Waals surface area contributed by atoms with Gasteiger partial charge in [-0.15, -0.1) is 0 Å². The second-order valence-corrected chi connectivity index (χ2v) is 6.47. The minimum absolute atomic E-state index is 0.00663. The van der Waals surface area contributed by atoms with Crippen molar-refractivity contribution in [3.63, 3.8) is 0 Å². The van der Waals surface area contributed by atoms with Crippen molar-refractivity contribution >= 4 is 5.97 Å². The molecule has 2 aliphatic heterocycles. The zero-order valence-electron chi connectivity index (χ0n) is 13.1. The number of epoxide rings is 1. The molecule has 23 heavy (non-hydrogen) atoms. The highest BCUT2D eigenvalue weighted by Gasteiger charge is 2.59. The van der Waals surface area contributed by atoms with Crippen molar-refractivity contribution in [1.82, 2.24) is 0 Å². The summed E-state index contributed by atoms with van der Waals surface area (Å²) >= 11 is 0. The Hall–Kier alpha value is -1.43. The van der Waals surface area contributed by atoms with Crippen LogP contribution in [0.15, 0.2) is 30.3 Å². The van der Waals surface area contributed by atoms with E-state index >= 15 is 0 Å². The Balaban J connectivity index is 1.26. The van der Waals surface area contributed by atoms with Gasteiger partial charge in [0.15, 0.2) is 6.29 Å². The Morgan fingerprint density at radius 2 is 1.83 bits per heavy atom. The molecule has 0 bridgehead atoms. The summed E-state index contributed by atoms with van der Waals surface area (Å²) in [6.45, 7) is 0.208. The Bertz CT molecular complexity index is 540. The van der Waals surface area contributed by atoms with E-state index in [4.69, 9.17) is 18.9 Å². The van der Waals surface area contributed by atoms with Crippen molar-refractivity contribution in [1.29, 1.82) is 0 Å². The van der Waals surface area contributed by atoms with Gasteiger partial charge in [-0.3, -0.25) is 0 Å². The summed E-state index contributed by atoms with van der Waals surface area (Å²) in [4.78, 5) is 12.0. The van der Waals surface area contributed by atoms with E-state index in [0.29, 0.717) is 5.56 Å². The third-order valence-electron chi connectivity index (χ3n) is 4.77. The van der Waals surface area contributed by atoms with Crippen molar-refractivity contribution < 1.29 is 23.7 Å². The van der Waals surface area contributed by atoms with Crippen LogP contribution in [0, 0.1) is 0 Å². The summed E-state index contributed by atoms with van der Waals surface area (Å²) in [6.07, 6.45) is 5.73. The first-order chi connectivity index (χ1) is 11.3. The van der Waals surface area contributed by atoms with Crippen LogP contribution < -0.4 is 0 Å². The minimum Gasteiger partial charge on any atom is -0.459 e. The van der Waals surface area contributed by atoms with Gasteiger partial charge in [-0.05, 0) is 25.0 Å². The van der Waals surface area contributed by atoms with Crippen LogP contribution in [-0.4, -0.2) is 43.3 Å². The van der Waals surface area contributed by atoms with Crippen LogP contribution in [0.25, 0.3) is 0 Å². The van der Waals surface area contributed by atoms with Crippen molar-refractivity contribution in [3.8, 4) is 0 Å². The molecule has 0 N–H and O–H groups in total. The molecule has 5 nitrogen and oxygen atoms in total. The molecular weight excluding hydrogens is 296 g/mol. The summed E-state index contributed by atoms with van der Waals surface area (Å²) in [5.74, 6) is -0.331. The van der Waals surface area contributed by atoms with Crippen LogP contribution in [0.5, 0.6) is 0 Å². The highest BCUT2D eigenvalue weighted by Crippen LogP contribution is 2.41. The van der Waals surface area contributed by atoms with E-state index in [-0.39, 0.29) is 43.3 Å². The molecule has 0 amide bonds. The zero-order chi connectivity index (χ0) is 15.6. The van der Waals surface area contributed by atoms with Crippen LogP contribution in [0.1, 0.15) is 42.5 Å². The van der Waals surface area contributed by atoms with Gasteiger partial charge in [-0.2, -0.15) is 0 Å². The SMILES string of the molecule is O=C(OC[C@H]1O[C@@H](OC2CCCCC2)[C@@H]2O[C@@H]21)c1ccccc1. The molecule has 5 heteroatoms. The van der Waals surface area contributed by atoms with Crippen LogP contribution in [0.3, 0.4) is 0 Å². The lowest BCUT2D eigenvalue weighted by molar-refractivity contribution is -0.205. The molecule has 3 fully saturated rings. The molecule has 0 unspecified atom stereocenters. The molecule has 1 aromatic rings. The maximum atomic E-state index is 12.0. The van der Waals surface area contributed by atoms with E-state index in [2.05, 4.69) is 0 Å². The van der Waals surface area contributed by atoms with Crippen LogP contribution in [-0.2, 0) is 18.9 Å². The Labute approximate surface area is 135 Å². The molecule has 124 valence electrons. The third-order valence-corrected chi connectivity index (χ3v) is 4.77. The number of benzene rings is 1. The fourth-order valence-electron chi connectivity index (χ4n) is 3.43. The lowest BCUT2D eigenvalue weighted by Gasteiger charge is -2.26. The summed E-state index contributed by atoms with van der Waals surface area (Å²) < 4.78 is 22.9. The van der Waals surface area contributed by atoms with Crippen LogP contribution in [0.4, 0.5) is 0 Å². The largest absolute Gasteiger partial charge is 0.459 e. The molecule has 3 aliphatic rings. The number of rotatable bonds is 5. The van der Waals surface area contributed by atoms with Crippen molar-refractivity contribution in [2.45, 2.75) is 62.8 Å². The summed E-state index contributed by atoms with van der Waals surface area (Å²) in [5, 5.41) is 0. The van der Waals surface area contributed by atoms with E-state index in [1.165, 1.54) is 19.3 Å². The summed E-state index contributed by atoms with van der Waals surface area (Å²) in [5.41, 5.74) is 0.550. The van der Waals surface area contributed by atoms with E-state index in [1.54, 1.807) is 12.1 Å². The molecule has 2 heterocycles. The summed E-state index contributed by atoms with van der Waals surface area (Å²) in [6, 6.07) is 8.98. The van der Waals surface area contributed by atoms with Crippen molar-refractivity contribution in [2.75, 3.05) is 6.61 Å². The molecule has 0 radical (unpaired) electrons. The normalized spacial score (nSPS) is 33.2. The molecule has 2 saturated heterocycles. The molecular formula is C18H22O5. The van der Waals surface area contributed by atoms with Crippen molar-refractivity contribution in [2.24, 2.45) is 0 Å². The van der Waals surface area contributed by atoms with Crippen LogP contribution in [0.2, 0.25) is 0 Å². The maximum Gasteiger partial charge on any atom is 0.338 e. The molecule has 4 rings (SSSR count). The number of hydrogen-bond donors (Lipinski definition) is 0. The molecule has 4 atom stereocenters. The first kappa shape index (κ1) is 15.1. The third kappa shape index (κ3) is 3.42. The fraction of sp³-hybridized carbons (Fsp3) is 0.611. The number of carbonyl (C=O) groups is 1. The van der Waals surface area contributed by atoms with E-state index < -0.39 is 0 Å². The lowest BCUT2D eigenvalue weighted by atomic mass is 9.98. The van der Waals surface area contributed by atoms with Gasteiger partial charge in [-0.1, -0.05) is 37.5 Å². The van der Waals surface area contributed by atoms with Gasteiger partial charge < -0.3 is 18.9 Å². The minimum atomic E-state index is -0.331. The number of ether oxygens (including phenoxy) is 4. The van der Waals surface area contributed by atoms with E-state index in [9.17, 15) is 4.79 Å². The predicted molar refractivity (Wildman–Crippen MR) is 82.0 cm³/mol. The Kier molecular flexibility index (Phi) is 4.33. The monoisotopic (exact) mass is 318 g/mol. The molecule has 1 saturated carbocycles. The smallest absolute Gasteiger partial charge is 0.338 e. The second-order valence-electron chi connectivity index (χ2n) is 6.47. The number of esters is 1. The molecule has 0 spiro atoms. The average Bonchev–Trinajstić information content (AvgIpc) is 3.33. The first-order valence-corrected chi connectivity index (χ1v) is 8.50. The Morgan fingerprint density at radius 1 is 1.04 bits per heavy atom. The first-order valence-electron chi connectivity index (χ1n) is 8.50. The second kappa shape index (κ2) is 6.59.